The van der Waals surface area contributed by atoms with Gasteiger partial charge in [0.25, 0.3) is 0 Å². The quantitative estimate of drug-likeness (QED) is 0.542. The predicted molar refractivity (Wildman–Crippen MR) is 132 cm³/mol. The van der Waals surface area contributed by atoms with Gasteiger partial charge in [-0.25, -0.2) is 8.42 Å². The lowest BCUT2D eigenvalue weighted by Gasteiger charge is -2.29. The number of likely N-dealkylation sites (N-methyl/N-ethyl adjacent to an activating group) is 1. The first kappa shape index (κ1) is 26.4. The van der Waals surface area contributed by atoms with Crippen LogP contribution in [-0.2, 0) is 26.2 Å². The molecule has 7 nitrogen and oxygen atoms in total. The zero-order valence-corrected chi connectivity index (χ0v) is 21.0. The summed E-state index contributed by atoms with van der Waals surface area (Å²) in [7, 11) is -3.52. The molecule has 2 aromatic carbocycles. The van der Waals surface area contributed by atoms with E-state index in [0.29, 0.717) is 25.2 Å². The molecule has 2 amide bonds. The zero-order valence-electron chi connectivity index (χ0n) is 20.2. The van der Waals surface area contributed by atoms with Crippen molar-refractivity contribution in [3.05, 3.63) is 65.2 Å². The van der Waals surface area contributed by atoms with Crippen LogP contribution < -0.4 is 9.62 Å². The molecule has 0 heterocycles. The Bertz CT molecular complexity index is 1050. The number of amides is 2. The third-order valence-corrected chi connectivity index (χ3v) is 6.68. The summed E-state index contributed by atoms with van der Waals surface area (Å²) in [5.41, 5.74) is 3.37. The minimum atomic E-state index is -3.52. The zero-order chi connectivity index (χ0) is 24.6. The van der Waals surface area contributed by atoms with E-state index in [-0.39, 0.29) is 24.8 Å². The van der Waals surface area contributed by atoms with Crippen LogP contribution in [0.3, 0.4) is 0 Å². The number of nitrogens with zero attached hydrogens (tertiary/aromatic N) is 2. The van der Waals surface area contributed by atoms with Gasteiger partial charge in [-0.3, -0.25) is 13.9 Å². The number of carbonyl (C=O) groups is 2. The van der Waals surface area contributed by atoms with Gasteiger partial charge in [-0.2, -0.15) is 0 Å². The maximum atomic E-state index is 13.2. The highest BCUT2D eigenvalue weighted by Gasteiger charge is 2.26. The van der Waals surface area contributed by atoms with Crippen molar-refractivity contribution in [3.63, 3.8) is 0 Å². The standard InChI is InChI=1S/C25H35N3O4S/c1-6-26-25(30)21(4)27(18-22-11-8-7-9-12-22)24(29)13-10-16-28(33(5,31)32)23-17-19(2)14-15-20(23)3/h7-9,11-12,14-15,17,21H,6,10,13,16,18H2,1-5H3,(H,26,30). The van der Waals surface area contributed by atoms with Crippen molar-refractivity contribution >= 4 is 27.5 Å². The Morgan fingerprint density at radius 1 is 1.06 bits per heavy atom. The van der Waals surface area contributed by atoms with Gasteiger partial charge >= 0.3 is 0 Å². The van der Waals surface area contributed by atoms with E-state index in [2.05, 4.69) is 5.32 Å². The largest absolute Gasteiger partial charge is 0.355 e. The minimum Gasteiger partial charge on any atom is -0.355 e. The molecule has 8 heteroatoms. The summed E-state index contributed by atoms with van der Waals surface area (Å²) in [6.07, 6.45) is 1.65. The fraction of sp³-hybridized carbons (Fsp3) is 0.440. The summed E-state index contributed by atoms with van der Waals surface area (Å²) in [6, 6.07) is 14.5. The van der Waals surface area contributed by atoms with Gasteiger partial charge in [-0.15, -0.1) is 0 Å². The van der Waals surface area contributed by atoms with Crippen molar-refractivity contribution < 1.29 is 18.0 Å². The number of carbonyl (C=O) groups excluding carboxylic acids is 2. The lowest BCUT2D eigenvalue weighted by molar-refractivity contribution is -0.140. The number of sulfonamides is 1. The van der Waals surface area contributed by atoms with Crippen molar-refractivity contribution in [1.82, 2.24) is 10.2 Å². The lowest BCUT2D eigenvalue weighted by atomic mass is 10.1. The molecule has 2 rings (SSSR count). The van der Waals surface area contributed by atoms with Crippen LogP contribution in [0.4, 0.5) is 5.69 Å². The summed E-state index contributed by atoms with van der Waals surface area (Å²) in [5, 5.41) is 2.77. The first-order valence-electron chi connectivity index (χ1n) is 11.2. The molecule has 1 atom stereocenters. The second kappa shape index (κ2) is 11.8. The van der Waals surface area contributed by atoms with Crippen molar-refractivity contribution in [2.45, 2.75) is 53.1 Å². The molecular weight excluding hydrogens is 438 g/mol. The van der Waals surface area contributed by atoms with E-state index in [9.17, 15) is 18.0 Å². The van der Waals surface area contributed by atoms with E-state index < -0.39 is 16.1 Å². The molecule has 180 valence electrons. The average molecular weight is 474 g/mol. The summed E-state index contributed by atoms with van der Waals surface area (Å²) >= 11 is 0. The van der Waals surface area contributed by atoms with Crippen molar-refractivity contribution in [3.8, 4) is 0 Å². The maximum absolute atomic E-state index is 13.2. The van der Waals surface area contributed by atoms with Gasteiger partial charge in [0, 0.05) is 26.1 Å². The van der Waals surface area contributed by atoms with Crippen molar-refractivity contribution in [2.75, 3.05) is 23.7 Å². The first-order valence-corrected chi connectivity index (χ1v) is 13.1. The second-order valence-electron chi connectivity index (χ2n) is 8.31. The third kappa shape index (κ3) is 7.60. The fourth-order valence-electron chi connectivity index (χ4n) is 3.66. The third-order valence-electron chi connectivity index (χ3n) is 5.50. The van der Waals surface area contributed by atoms with Crippen LogP contribution in [0.2, 0.25) is 0 Å². The van der Waals surface area contributed by atoms with Crippen LogP contribution in [0, 0.1) is 13.8 Å². The Balaban J connectivity index is 2.16. The number of nitrogens with one attached hydrogen (secondary N) is 1. The van der Waals surface area contributed by atoms with Crippen LogP contribution in [0.15, 0.2) is 48.5 Å². The first-order chi connectivity index (χ1) is 15.5. The van der Waals surface area contributed by atoms with Crippen LogP contribution in [-0.4, -0.2) is 50.5 Å². The predicted octanol–water partition coefficient (Wildman–Crippen LogP) is 3.40. The molecule has 0 saturated heterocycles. The van der Waals surface area contributed by atoms with Crippen molar-refractivity contribution in [2.24, 2.45) is 0 Å². The van der Waals surface area contributed by atoms with E-state index in [0.717, 1.165) is 16.7 Å². The van der Waals surface area contributed by atoms with E-state index in [1.54, 1.807) is 11.8 Å². The van der Waals surface area contributed by atoms with Crippen LogP contribution in [0.25, 0.3) is 0 Å². The minimum absolute atomic E-state index is 0.132. The van der Waals surface area contributed by atoms with E-state index in [4.69, 9.17) is 0 Å². The molecule has 0 radical (unpaired) electrons. The molecule has 0 aliphatic rings. The molecule has 0 spiro atoms. The highest BCUT2D eigenvalue weighted by molar-refractivity contribution is 7.92. The van der Waals surface area contributed by atoms with Crippen LogP contribution >= 0.6 is 0 Å². The summed E-state index contributed by atoms with van der Waals surface area (Å²) in [4.78, 5) is 27.2. The summed E-state index contributed by atoms with van der Waals surface area (Å²) < 4.78 is 26.3. The van der Waals surface area contributed by atoms with Gasteiger partial charge in [0.15, 0.2) is 0 Å². The number of rotatable bonds is 11. The van der Waals surface area contributed by atoms with Gasteiger partial charge < -0.3 is 10.2 Å². The molecule has 0 saturated carbocycles. The molecular formula is C25H35N3O4S. The molecule has 33 heavy (non-hydrogen) atoms. The van der Waals surface area contributed by atoms with Crippen LogP contribution in [0.5, 0.6) is 0 Å². The summed E-state index contributed by atoms with van der Waals surface area (Å²) in [6.45, 7) is 8.31. The van der Waals surface area contributed by atoms with Crippen LogP contribution in [0.1, 0.15) is 43.4 Å². The molecule has 2 aromatic rings. The molecule has 0 bridgehead atoms. The normalized spacial score (nSPS) is 12.2. The van der Waals surface area contributed by atoms with Gasteiger partial charge in [-0.05, 0) is 56.9 Å². The SMILES string of the molecule is CCNC(=O)C(C)N(Cc1ccccc1)C(=O)CCCN(c1cc(C)ccc1C)S(C)(=O)=O. The Hall–Kier alpha value is -2.87. The molecule has 0 aliphatic carbocycles. The highest BCUT2D eigenvalue weighted by Crippen LogP contribution is 2.24. The average Bonchev–Trinajstić information content (AvgIpc) is 2.76. The molecule has 1 N–H and O–H groups in total. The smallest absolute Gasteiger partial charge is 0.242 e. The number of benzene rings is 2. The van der Waals surface area contributed by atoms with E-state index >= 15 is 0 Å². The van der Waals surface area contributed by atoms with Gasteiger partial charge in [0.1, 0.15) is 6.04 Å². The van der Waals surface area contributed by atoms with Gasteiger partial charge in [-0.1, -0.05) is 42.5 Å². The lowest BCUT2D eigenvalue weighted by Crippen LogP contribution is -2.47. The number of aryl methyl sites for hydroxylation is 2. The molecule has 0 aromatic heterocycles. The Morgan fingerprint density at radius 3 is 2.33 bits per heavy atom. The molecule has 0 aliphatic heterocycles. The Kier molecular flexibility index (Phi) is 9.46. The second-order valence-corrected chi connectivity index (χ2v) is 10.2. The number of anilines is 1. The van der Waals surface area contributed by atoms with Gasteiger partial charge in [0.2, 0.25) is 21.8 Å². The topological polar surface area (TPSA) is 86.8 Å². The van der Waals surface area contributed by atoms with Gasteiger partial charge in [0.05, 0.1) is 11.9 Å². The molecule has 1 unspecified atom stereocenters. The van der Waals surface area contributed by atoms with E-state index in [1.807, 2.05) is 69.3 Å². The summed E-state index contributed by atoms with van der Waals surface area (Å²) in [5.74, 6) is -0.401. The number of hydrogen-bond donors (Lipinski definition) is 1. The maximum Gasteiger partial charge on any atom is 0.242 e. The Morgan fingerprint density at radius 2 is 1.73 bits per heavy atom. The highest BCUT2D eigenvalue weighted by atomic mass is 32.2. The van der Waals surface area contributed by atoms with E-state index in [1.165, 1.54) is 10.6 Å². The monoisotopic (exact) mass is 473 g/mol. The Labute approximate surface area is 197 Å². The molecule has 0 fully saturated rings. The fourth-order valence-corrected chi connectivity index (χ4v) is 4.67. The van der Waals surface area contributed by atoms with Crippen molar-refractivity contribution in [1.29, 1.82) is 0 Å². The number of hydrogen-bond acceptors (Lipinski definition) is 4.